The summed E-state index contributed by atoms with van der Waals surface area (Å²) in [6.07, 6.45) is 0.984. The molecule has 1 aromatic rings. The Labute approximate surface area is 95.2 Å². The van der Waals surface area contributed by atoms with Gasteiger partial charge in [-0.1, -0.05) is 0 Å². The molecule has 1 fully saturated rings. The van der Waals surface area contributed by atoms with Gasteiger partial charge >= 0.3 is 0 Å². The van der Waals surface area contributed by atoms with E-state index in [4.69, 9.17) is 4.74 Å². The van der Waals surface area contributed by atoms with Crippen LogP contribution in [-0.2, 0) is 4.79 Å². The molecule has 1 amide bonds. The van der Waals surface area contributed by atoms with Crippen LogP contribution in [0.5, 0.6) is 5.75 Å². The molecule has 4 heteroatoms. The Balaban J connectivity index is 2.12. The second kappa shape index (κ2) is 4.88. The second-order valence-electron chi connectivity index (χ2n) is 3.82. The molecular weight excluding hydrogens is 204 g/mol. The van der Waals surface area contributed by atoms with Gasteiger partial charge in [0.25, 0.3) is 0 Å². The van der Waals surface area contributed by atoms with E-state index in [-0.39, 0.29) is 5.91 Å². The van der Waals surface area contributed by atoms with Crippen molar-refractivity contribution in [2.24, 2.45) is 0 Å². The van der Waals surface area contributed by atoms with Crippen molar-refractivity contribution in [2.45, 2.75) is 6.42 Å². The summed E-state index contributed by atoms with van der Waals surface area (Å²) in [4.78, 5) is 13.5. The van der Waals surface area contributed by atoms with E-state index in [1.807, 2.05) is 24.3 Å². The molecule has 1 saturated heterocycles. The van der Waals surface area contributed by atoms with Gasteiger partial charge in [-0.25, -0.2) is 0 Å². The Morgan fingerprint density at radius 2 is 2.06 bits per heavy atom. The zero-order chi connectivity index (χ0) is 11.4. The topological polar surface area (TPSA) is 41.6 Å². The third-order valence-corrected chi connectivity index (χ3v) is 2.70. The Kier molecular flexibility index (Phi) is 3.29. The third-order valence-electron chi connectivity index (χ3n) is 2.70. The maximum atomic E-state index is 11.4. The first-order chi connectivity index (χ1) is 7.79. The molecular formula is C12H16N2O2. The number of amides is 1. The SMILES string of the molecule is COc1ccc(N2CCCNC(=O)C2)cc1. The van der Waals surface area contributed by atoms with Crippen LogP contribution in [0, 0.1) is 0 Å². The molecule has 1 heterocycles. The predicted octanol–water partition coefficient (Wildman–Crippen LogP) is 1.02. The van der Waals surface area contributed by atoms with Crippen molar-refractivity contribution in [2.75, 3.05) is 31.6 Å². The minimum Gasteiger partial charge on any atom is -0.497 e. The van der Waals surface area contributed by atoms with Crippen LogP contribution < -0.4 is 15.0 Å². The highest BCUT2D eigenvalue weighted by Gasteiger charge is 2.14. The molecule has 1 aliphatic rings. The highest BCUT2D eigenvalue weighted by Crippen LogP contribution is 2.19. The summed E-state index contributed by atoms with van der Waals surface area (Å²) in [5, 5.41) is 2.86. The molecule has 0 radical (unpaired) electrons. The molecule has 4 nitrogen and oxygen atoms in total. The van der Waals surface area contributed by atoms with Crippen LogP contribution in [0.1, 0.15) is 6.42 Å². The first-order valence-corrected chi connectivity index (χ1v) is 5.45. The average molecular weight is 220 g/mol. The Hall–Kier alpha value is -1.71. The van der Waals surface area contributed by atoms with Gasteiger partial charge in [0.15, 0.2) is 0 Å². The minimum atomic E-state index is 0.0910. The van der Waals surface area contributed by atoms with Crippen LogP contribution in [-0.4, -0.2) is 32.7 Å². The summed E-state index contributed by atoms with van der Waals surface area (Å²) in [5.41, 5.74) is 1.07. The number of anilines is 1. The van der Waals surface area contributed by atoms with E-state index in [0.717, 1.165) is 30.9 Å². The van der Waals surface area contributed by atoms with Crippen molar-refractivity contribution in [3.05, 3.63) is 24.3 Å². The number of rotatable bonds is 2. The number of ether oxygens (including phenoxy) is 1. The normalized spacial score (nSPS) is 16.6. The number of benzene rings is 1. The number of nitrogens with one attached hydrogen (secondary N) is 1. The smallest absolute Gasteiger partial charge is 0.239 e. The van der Waals surface area contributed by atoms with Crippen molar-refractivity contribution >= 4 is 11.6 Å². The highest BCUT2D eigenvalue weighted by atomic mass is 16.5. The van der Waals surface area contributed by atoms with Gasteiger partial charge in [-0.2, -0.15) is 0 Å². The summed E-state index contributed by atoms with van der Waals surface area (Å²) in [5.74, 6) is 0.927. The molecule has 0 spiro atoms. The number of nitrogens with zero attached hydrogens (tertiary/aromatic N) is 1. The molecule has 1 N–H and O–H groups in total. The number of carbonyl (C=O) groups is 1. The van der Waals surface area contributed by atoms with E-state index in [0.29, 0.717) is 6.54 Å². The van der Waals surface area contributed by atoms with Gasteiger partial charge in [0.05, 0.1) is 13.7 Å². The summed E-state index contributed by atoms with van der Waals surface area (Å²) >= 11 is 0. The molecule has 0 aliphatic carbocycles. The highest BCUT2D eigenvalue weighted by molar-refractivity contribution is 5.81. The van der Waals surface area contributed by atoms with E-state index in [9.17, 15) is 4.79 Å². The van der Waals surface area contributed by atoms with Gasteiger partial charge in [-0.15, -0.1) is 0 Å². The Morgan fingerprint density at radius 3 is 2.75 bits per heavy atom. The van der Waals surface area contributed by atoms with Crippen molar-refractivity contribution < 1.29 is 9.53 Å². The first kappa shape index (κ1) is 10.8. The number of hydrogen-bond donors (Lipinski definition) is 1. The van der Waals surface area contributed by atoms with E-state index < -0.39 is 0 Å². The molecule has 16 heavy (non-hydrogen) atoms. The molecule has 86 valence electrons. The third kappa shape index (κ3) is 2.45. The van der Waals surface area contributed by atoms with Crippen LogP contribution in [0.2, 0.25) is 0 Å². The summed E-state index contributed by atoms with van der Waals surface area (Å²) < 4.78 is 5.10. The first-order valence-electron chi connectivity index (χ1n) is 5.45. The van der Waals surface area contributed by atoms with Crippen molar-refractivity contribution in [3.63, 3.8) is 0 Å². The van der Waals surface area contributed by atoms with Crippen molar-refractivity contribution in [3.8, 4) is 5.75 Å². The van der Waals surface area contributed by atoms with Crippen LogP contribution in [0.4, 0.5) is 5.69 Å². The number of methoxy groups -OCH3 is 1. The lowest BCUT2D eigenvalue weighted by molar-refractivity contribution is -0.119. The van der Waals surface area contributed by atoms with E-state index >= 15 is 0 Å². The van der Waals surface area contributed by atoms with Crippen LogP contribution in [0.15, 0.2) is 24.3 Å². The van der Waals surface area contributed by atoms with Gasteiger partial charge in [-0.05, 0) is 30.7 Å². The molecule has 0 atom stereocenters. The van der Waals surface area contributed by atoms with E-state index in [1.165, 1.54) is 0 Å². The Bertz CT molecular complexity index is 362. The molecule has 0 aromatic heterocycles. The molecule has 0 saturated carbocycles. The van der Waals surface area contributed by atoms with Gasteiger partial charge in [0.1, 0.15) is 5.75 Å². The molecule has 2 rings (SSSR count). The van der Waals surface area contributed by atoms with Crippen LogP contribution in [0.3, 0.4) is 0 Å². The standard InChI is InChI=1S/C12H16N2O2/c1-16-11-5-3-10(4-6-11)14-8-2-7-13-12(15)9-14/h3-6H,2,7-9H2,1H3,(H,13,15). The monoisotopic (exact) mass is 220 g/mol. The largest absolute Gasteiger partial charge is 0.497 e. The zero-order valence-corrected chi connectivity index (χ0v) is 9.40. The van der Waals surface area contributed by atoms with Crippen LogP contribution in [0.25, 0.3) is 0 Å². The van der Waals surface area contributed by atoms with Crippen molar-refractivity contribution in [1.82, 2.24) is 5.32 Å². The molecule has 0 unspecified atom stereocenters. The molecule has 0 bridgehead atoms. The number of hydrogen-bond acceptors (Lipinski definition) is 3. The lowest BCUT2D eigenvalue weighted by atomic mass is 10.2. The lowest BCUT2D eigenvalue weighted by Crippen LogP contribution is -2.32. The maximum absolute atomic E-state index is 11.4. The lowest BCUT2D eigenvalue weighted by Gasteiger charge is -2.21. The van der Waals surface area contributed by atoms with E-state index in [1.54, 1.807) is 7.11 Å². The molecule has 1 aliphatic heterocycles. The fourth-order valence-electron chi connectivity index (χ4n) is 1.82. The Morgan fingerprint density at radius 1 is 1.31 bits per heavy atom. The zero-order valence-electron chi connectivity index (χ0n) is 9.40. The van der Waals surface area contributed by atoms with Crippen LogP contribution >= 0.6 is 0 Å². The fraction of sp³-hybridized carbons (Fsp3) is 0.417. The van der Waals surface area contributed by atoms with Gasteiger partial charge < -0.3 is 15.0 Å². The van der Waals surface area contributed by atoms with Gasteiger partial charge in [0, 0.05) is 18.8 Å². The summed E-state index contributed by atoms with van der Waals surface area (Å²) in [7, 11) is 1.65. The van der Waals surface area contributed by atoms with E-state index in [2.05, 4.69) is 10.2 Å². The quantitative estimate of drug-likeness (QED) is 0.809. The summed E-state index contributed by atoms with van der Waals surface area (Å²) in [6.45, 7) is 2.11. The van der Waals surface area contributed by atoms with Gasteiger partial charge in [0.2, 0.25) is 5.91 Å². The minimum absolute atomic E-state index is 0.0910. The van der Waals surface area contributed by atoms with Crippen molar-refractivity contribution in [1.29, 1.82) is 0 Å². The maximum Gasteiger partial charge on any atom is 0.239 e. The second-order valence-corrected chi connectivity index (χ2v) is 3.82. The average Bonchev–Trinajstić information content (AvgIpc) is 2.54. The fourth-order valence-corrected chi connectivity index (χ4v) is 1.82. The molecule has 1 aromatic carbocycles. The number of carbonyl (C=O) groups excluding carboxylic acids is 1. The summed E-state index contributed by atoms with van der Waals surface area (Å²) in [6, 6.07) is 7.80. The van der Waals surface area contributed by atoms with Gasteiger partial charge in [-0.3, -0.25) is 4.79 Å². The predicted molar refractivity (Wildman–Crippen MR) is 62.8 cm³/mol.